The van der Waals surface area contributed by atoms with Gasteiger partial charge in [-0.1, -0.05) is 12.1 Å². The Morgan fingerprint density at radius 2 is 2.03 bits per heavy atom. The first-order valence-electron chi connectivity index (χ1n) is 9.47. The van der Waals surface area contributed by atoms with E-state index in [0.29, 0.717) is 29.0 Å². The molecule has 0 aliphatic carbocycles. The maximum atomic E-state index is 14.7. The molecule has 0 aliphatic heterocycles. The van der Waals surface area contributed by atoms with E-state index in [1.165, 1.54) is 12.1 Å². The van der Waals surface area contributed by atoms with Crippen molar-refractivity contribution >= 4 is 23.1 Å². The second kappa shape index (κ2) is 7.87. The van der Waals surface area contributed by atoms with E-state index >= 15 is 0 Å². The summed E-state index contributed by atoms with van der Waals surface area (Å²) >= 11 is 0. The summed E-state index contributed by atoms with van der Waals surface area (Å²) < 4.78 is 16.5. The molecule has 3 aromatic heterocycles. The van der Waals surface area contributed by atoms with Crippen LogP contribution in [0.1, 0.15) is 18.1 Å². The van der Waals surface area contributed by atoms with E-state index in [9.17, 15) is 14.3 Å². The van der Waals surface area contributed by atoms with E-state index in [0.717, 1.165) is 22.6 Å². The van der Waals surface area contributed by atoms with Gasteiger partial charge >= 0.3 is 5.97 Å². The number of benzene rings is 1. The predicted molar refractivity (Wildman–Crippen MR) is 113 cm³/mol. The number of hydrogen-bond acceptors (Lipinski definition) is 4. The molecule has 0 bridgehead atoms. The molecule has 1 N–H and O–H groups in total. The van der Waals surface area contributed by atoms with Gasteiger partial charge in [-0.25, -0.2) is 18.9 Å². The topological polar surface area (TPSA) is 80.9 Å². The molecule has 4 aromatic rings. The van der Waals surface area contributed by atoms with Crippen LogP contribution in [0.3, 0.4) is 0 Å². The summed E-state index contributed by atoms with van der Waals surface area (Å²) in [7, 11) is 0. The fraction of sp³-hybridized carbons (Fsp3) is 0.130. The number of carbonyl (C=O) groups is 1. The van der Waals surface area contributed by atoms with E-state index in [2.05, 4.69) is 10.1 Å². The lowest BCUT2D eigenvalue weighted by Gasteiger charge is -2.15. The lowest BCUT2D eigenvalue weighted by molar-refractivity contribution is -0.131. The molecular weight excluding hydrogens is 383 g/mol. The number of halogens is 1. The largest absolute Gasteiger partial charge is 0.478 e. The van der Waals surface area contributed by atoms with Gasteiger partial charge in [-0.2, -0.15) is 5.10 Å². The van der Waals surface area contributed by atoms with Gasteiger partial charge in [-0.3, -0.25) is 4.98 Å². The van der Waals surface area contributed by atoms with E-state index < -0.39 is 11.8 Å². The van der Waals surface area contributed by atoms with Gasteiger partial charge in [-0.15, -0.1) is 0 Å². The summed E-state index contributed by atoms with van der Waals surface area (Å²) in [6.45, 7) is 4.46. The molecule has 3 heterocycles. The lowest BCUT2D eigenvalue weighted by Crippen LogP contribution is -2.02. The average molecular weight is 402 g/mol. The number of aryl methyl sites for hydroxylation is 2. The molecule has 4 rings (SSSR count). The quantitative estimate of drug-likeness (QED) is 0.488. The average Bonchev–Trinajstić information content (AvgIpc) is 3.14. The summed E-state index contributed by atoms with van der Waals surface area (Å²) in [6.07, 6.45) is 7.63. The molecule has 0 radical (unpaired) electrons. The number of rotatable bonds is 5. The number of aromatic nitrogens is 4. The van der Waals surface area contributed by atoms with Crippen LogP contribution in [0.4, 0.5) is 4.39 Å². The van der Waals surface area contributed by atoms with Crippen LogP contribution in [-0.4, -0.2) is 30.8 Å². The van der Waals surface area contributed by atoms with Crippen molar-refractivity contribution in [1.29, 1.82) is 0 Å². The minimum atomic E-state index is -1.10. The Morgan fingerprint density at radius 1 is 1.23 bits per heavy atom. The Kier molecular flexibility index (Phi) is 5.10. The highest BCUT2D eigenvalue weighted by molar-refractivity contribution is 6.02. The van der Waals surface area contributed by atoms with Crippen molar-refractivity contribution < 1.29 is 14.3 Å². The van der Waals surface area contributed by atoms with Gasteiger partial charge in [0.05, 0.1) is 11.9 Å². The first-order valence-corrected chi connectivity index (χ1v) is 9.47. The number of carboxylic acids is 1. The number of nitrogens with zero attached hydrogens (tertiary/aromatic N) is 4. The predicted octanol–water partition coefficient (Wildman–Crippen LogP) is 4.73. The molecule has 0 spiro atoms. The van der Waals surface area contributed by atoms with Crippen LogP contribution in [0.15, 0.2) is 55.0 Å². The lowest BCUT2D eigenvalue weighted by atomic mass is 9.93. The number of carboxylic acid groups (broad SMARTS) is 1. The summed E-state index contributed by atoms with van der Waals surface area (Å²) in [5, 5.41) is 14.4. The molecule has 0 fully saturated rings. The third kappa shape index (κ3) is 3.45. The van der Waals surface area contributed by atoms with Gasteiger partial charge < -0.3 is 5.11 Å². The zero-order valence-electron chi connectivity index (χ0n) is 16.5. The Balaban J connectivity index is 2.18. The second-order valence-corrected chi connectivity index (χ2v) is 6.85. The minimum Gasteiger partial charge on any atom is -0.478 e. The van der Waals surface area contributed by atoms with Crippen molar-refractivity contribution in [2.24, 2.45) is 0 Å². The van der Waals surface area contributed by atoms with Gasteiger partial charge in [0.15, 0.2) is 5.65 Å². The first-order chi connectivity index (χ1) is 14.5. The third-order valence-corrected chi connectivity index (χ3v) is 4.81. The molecule has 0 saturated heterocycles. The molecule has 6 nitrogen and oxygen atoms in total. The molecule has 7 heteroatoms. The van der Waals surface area contributed by atoms with Crippen molar-refractivity contribution in [3.63, 3.8) is 0 Å². The van der Waals surface area contributed by atoms with E-state index in [-0.39, 0.29) is 5.56 Å². The van der Waals surface area contributed by atoms with E-state index in [4.69, 9.17) is 4.98 Å². The Bertz CT molecular complexity index is 1290. The molecular formula is C23H19FN4O2. The van der Waals surface area contributed by atoms with E-state index in [1.807, 2.05) is 19.9 Å². The SMILES string of the molecule is CCn1ncc2c(-c3cncc(C)c3)c(/C=C/C(=O)O)c(-c3ccccc3F)nc21. The van der Waals surface area contributed by atoms with Crippen LogP contribution in [0, 0.1) is 12.7 Å². The van der Waals surface area contributed by atoms with Crippen LogP contribution in [-0.2, 0) is 11.3 Å². The van der Waals surface area contributed by atoms with Gasteiger partial charge in [0.25, 0.3) is 0 Å². The number of pyridine rings is 2. The molecule has 150 valence electrons. The fourth-order valence-electron chi connectivity index (χ4n) is 3.51. The normalized spacial score (nSPS) is 11.4. The van der Waals surface area contributed by atoms with Crippen LogP contribution < -0.4 is 0 Å². The Hall–Kier alpha value is -3.87. The summed E-state index contributed by atoms with van der Waals surface area (Å²) in [5.74, 6) is -1.54. The fourth-order valence-corrected chi connectivity index (χ4v) is 3.51. The summed E-state index contributed by atoms with van der Waals surface area (Å²) in [4.78, 5) is 20.3. The first kappa shape index (κ1) is 19.4. The van der Waals surface area contributed by atoms with Crippen LogP contribution in [0.2, 0.25) is 0 Å². The molecule has 0 saturated carbocycles. The highest BCUT2D eigenvalue weighted by atomic mass is 19.1. The smallest absolute Gasteiger partial charge is 0.328 e. The second-order valence-electron chi connectivity index (χ2n) is 6.85. The molecule has 0 unspecified atom stereocenters. The molecule has 0 aliphatic rings. The monoisotopic (exact) mass is 402 g/mol. The highest BCUT2D eigenvalue weighted by Gasteiger charge is 2.21. The summed E-state index contributed by atoms with van der Waals surface area (Å²) in [5.41, 5.74) is 4.17. The number of hydrogen-bond donors (Lipinski definition) is 1. The maximum Gasteiger partial charge on any atom is 0.328 e. The third-order valence-electron chi connectivity index (χ3n) is 4.81. The molecule has 0 amide bonds. The standard InChI is InChI=1S/C23H19FN4O2/c1-3-28-23-18(13-26-28)21(15-10-14(2)11-25-12-15)17(8-9-20(29)30)22(27-23)16-6-4-5-7-19(16)24/h4-13H,3H2,1-2H3,(H,29,30)/b9-8+. The minimum absolute atomic E-state index is 0.287. The summed E-state index contributed by atoms with van der Waals surface area (Å²) in [6, 6.07) is 8.27. The van der Waals surface area contributed by atoms with Crippen molar-refractivity contribution in [2.75, 3.05) is 0 Å². The van der Waals surface area contributed by atoms with Crippen molar-refractivity contribution in [2.45, 2.75) is 20.4 Å². The number of fused-ring (bicyclic) bond motifs is 1. The van der Waals surface area contributed by atoms with Crippen molar-refractivity contribution in [3.8, 4) is 22.4 Å². The van der Waals surface area contributed by atoms with Crippen LogP contribution in [0.5, 0.6) is 0 Å². The van der Waals surface area contributed by atoms with Crippen molar-refractivity contribution in [3.05, 3.63) is 71.9 Å². The zero-order valence-corrected chi connectivity index (χ0v) is 16.5. The number of aliphatic carboxylic acids is 1. The van der Waals surface area contributed by atoms with Crippen LogP contribution >= 0.6 is 0 Å². The molecule has 1 aromatic carbocycles. The molecule has 30 heavy (non-hydrogen) atoms. The van der Waals surface area contributed by atoms with Gasteiger partial charge in [0.1, 0.15) is 5.82 Å². The van der Waals surface area contributed by atoms with Gasteiger partial charge in [-0.05, 0) is 43.7 Å². The molecule has 0 atom stereocenters. The maximum absolute atomic E-state index is 14.7. The van der Waals surface area contributed by atoms with Gasteiger partial charge in [0, 0.05) is 52.7 Å². The van der Waals surface area contributed by atoms with Gasteiger partial charge in [0.2, 0.25) is 0 Å². The Labute approximate surface area is 172 Å². The van der Waals surface area contributed by atoms with Crippen LogP contribution in [0.25, 0.3) is 39.5 Å². The highest BCUT2D eigenvalue weighted by Crippen LogP contribution is 2.38. The Morgan fingerprint density at radius 3 is 2.73 bits per heavy atom. The zero-order chi connectivity index (χ0) is 21.3. The van der Waals surface area contributed by atoms with E-state index in [1.54, 1.807) is 41.5 Å². The van der Waals surface area contributed by atoms with Crippen molar-refractivity contribution in [1.82, 2.24) is 19.7 Å².